The topological polar surface area (TPSA) is 0 Å². The molecule has 0 aliphatic carbocycles. The van der Waals surface area contributed by atoms with Crippen LogP contribution in [0.2, 0.25) is 26.2 Å². The molecule has 78 valence electrons. The van der Waals surface area contributed by atoms with E-state index in [9.17, 15) is 0 Å². The summed E-state index contributed by atoms with van der Waals surface area (Å²) >= 11 is 11.1. The summed E-state index contributed by atoms with van der Waals surface area (Å²) in [5.41, 5.74) is 6.66. The molecule has 0 aromatic heterocycles. The van der Waals surface area contributed by atoms with Crippen molar-refractivity contribution in [3.63, 3.8) is 0 Å². The Kier molecular flexibility index (Phi) is 5.94. The highest BCUT2D eigenvalue weighted by Gasteiger charge is 2.39. The van der Waals surface area contributed by atoms with Crippen LogP contribution in [-0.2, 0) is 0 Å². The molecule has 14 heavy (non-hydrogen) atoms. The molecule has 0 saturated heterocycles. The fraction of sp³-hybridized carbons (Fsp3) is 0.600. The zero-order chi connectivity index (χ0) is 11.2. The number of hydrogen-bond donors (Lipinski definition) is 0. The quantitative estimate of drug-likeness (QED) is 0.387. The second kappa shape index (κ2) is 5.88. The molecule has 0 aromatic carbocycles. The van der Waals surface area contributed by atoms with Crippen LogP contribution in [0.5, 0.6) is 0 Å². The van der Waals surface area contributed by atoms with Crippen molar-refractivity contribution in [1.82, 2.24) is 0 Å². The van der Waals surface area contributed by atoms with E-state index < -0.39 is 15.2 Å². The van der Waals surface area contributed by atoms with Gasteiger partial charge in [0.15, 0.2) is 0 Å². The first kappa shape index (κ1) is 14.1. The van der Waals surface area contributed by atoms with Gasteiger partial charge in [-0.2, -0.15) is 0 Å². The van der Waals surface area contributed by atoms with Gasteiger partial charge >= 0.3 is 0 Å². The minimum Gasteiger partial charge on any atom is -0.132 e. The smallest absolute Gasteiger partial charge is 0.132 e. The Bertz CT molecular complexity index is 268. The molecule has 0 unspecified atom stereocenters. The summed E-state index contributed by atoms with van der Waals surface area (Å²) in [7, 11) is -3.06. The van der Waals surface area contributed by atoms with E-state index in [1.165, 1.54) is 0 Å². The van der Waals surface area contributed by atoms with Gasteiger partial charge in [0.25, 0.3) is 0 Å². The predicted molar refractivity (Wildman–Crippen MR) is 72.0 cm³/mol. The third-order valence-corrected chi connectivity index (χ3v) is 17.6. The van der Waals surface area contributed by atoms with Crippen molar-refractivity contribution < 1.29 is 0 Å². The zero-order valence-corrected chi connectivity index (χ0v) is 12.7. The molecule has 0 amide bonds. The zero-order valence-electron chi connectivity index (χ0n) is 9.17. The van der Waals surface area contributed by atoms with Crippen LogP contribution in [0.25, 0.3) is 0 Å². The Morgan fingerprint density at radius 3 is 1.29 bits per heavy atom. The van der Waals surface area contributed by atoms with Crippen molar-refractivity contribution in [2.75, 3.05) is 11.8 Å². The molecule has 0 spiro atoms. The lowest BCUT2D eigenvalue weighted by Crippen LogP contribution is -2.53. The Labute approximate surface area is 99.2 Å². The minimum absolute atomic E-state index is 0.420. The highest BCUT2D eigenvalue weighted by molar-refractivity contribution is 7.46. The van der Waals surface area contributed by atoms with Crippen LogP contribution in [0.15, 0.2) is 0 Å². The first-order chi connectivity index (χ1) is 6.37. The maximum atomic E-state index is 5.57. The van der Waals surface area contributed by atoms with Crippen LogP contribution in [-0.4, -0.2) is 26.9 Å². The van der Waals surface area contributed by atoms with Crippen molar-refractivity contribution in [2.45, 2.75) is 26.2 Å². The van der Waals surface area contributed by atoms with Gasteiger partial charge in [-0.3, -0.25) is 0 Å². The molecule has 0 bridgehead atoms. The molecule has 0 aromatic rings. The summed E-state index contributed by atoms with van der Waals surface area (Å²) in [5, 5.41) is 0. The highest BCUT2D eigenvalue weighted by atomic mass is 35.5. The van der Waals surface area contributed by atoms with Gasteiger partial charge in [0.05, 0.1) is 11.8 Å². The van der Waals surface area contributed by atoms with Crippen LogP contribution in [0, 0.1) is 22.9 Å². The summed E-state index contributed by atoms with van der Waals surface area (Å²) in [6.45, 7) is 9.06. The predicted octanol–water partition coefficient (Wildman–Crippen LogP) is 3.04. The summed E-state index contributed by atoms with van der Waals surface area (Å²) < 4.78 is 0. The Hall–Kier alpha value is 0.134. The molecule has 0 heterocycles. The first-order valence-electron chi connectivity index (χ1n) is 4.49. The van der Waals surface area contributed by atoms with Crippen LogP contribution in [0.1, 0.15) is 0 Å². The lowest BCUT2D eigenvalue weighted by Gasteiger charge is -2.28. The normalized spacial score (nSPS) is 11.0. The monoisotopic (exact) mass is 262 g/mol. The van der Waals surface area contributed by atoms with E-state index in [1.54, 1.807) is 0 Å². The van der Waals surface area contributed by atoms with Gasteiger partial charge in [-0.05, 0) is 0 Å². The van der Waals surface area contributed by atoms with E-state index in [0.717, 1.165) is 0 Å². The SMILES string of the molecule is C[Si](C)(C#CCCl)[Si](C)(C)C#CCCl. The number of halogens is 2. The maximum Gasteiger partial charge on any atom is 0.138 e. The standard InChI is InChI=1S/C10H16Cl2Si2/c1-13(2,9-5-7-11)14(3,4)10-6-8-12/h7-8H2,1-4H3. The van der Waals surface area contributed by atoms with Gasteiger partial charge in [-0.1, -0.05) is 38.0 Å². The molecule has 4 heteroatoms. The minimum atomic E-state index is -1.53. The Balaban J connectivity index is 4.86. The average molecular weight is 263 g/mol. The third kappa shape index (κ3) is 4.11. The maximum absolute atomic E-state index is 5.57. The summed E-state index contributed by atoms with van der Waals surface area (Å²) in [5.74, 6) is 6.81. The highest BCUT2D eigenvalue weighted by Crippen LogP contribution is 2.17. The molecule has 0 aliphatic rings. The second-order valence-corrected chi connectivity index (χ2v) is 19.2. The molecule has 0 aliphatic heterocycles. The van der Waals surface area contributed by atoms with Crippen LogP contribution in [0.4, 0.5) is 0 Å². The third-order valence-electron chi connectivity index (χ3n) is 2.50. The van der Waals surface area contributed by atoms with Crippen LogP contribution < -0.4 is 0 Å². The fourth-order valence-corrected chi connectivity index (χ4v) is 5.27. The molecular weight excluding hydrogens is 247 g/mol. The van der Waals surface area contributed by atoms with E-state index in [4.69, 9.17) is 23.2 Å². The lowest BCUT2D eigenvalue weighted by molar-refractivity contribution is 1.82. The number of hydrogen-bond acceptors (Lipinski definition) is 0. The van der Waals surface area contributed by atoms with E-state index in [2.05, 4.69) is 49.1 Å². The summed E-state index contributed by atoms with van der Waals surface area (Å²) in [4.78, 5) is 0. The van der Waals surface area contributed by atoms with Crippen LogP contribution >= 0.6 is 23.2 Å². The van der Waals surface area contributed by atoms with Crippen molar-refractivity contribution in [3.8, 4) is 22.9 Å². The molecule has 0 N–H and O–H groups in total. The lowest BCUT2D eigenvalue weighted by atomic mass is 10.8. The van der Waals surface area contributed by atoms with Gasteiger partial charge in [0.1, 0.15) is 15.2 Å². The second-order valence-electron chi connectivity index (χ2n) is 4.12. The molecule has 0 radical (unpaired) electrons. The van der Waals surface area contributed by atoms with E-state index >= 15 is 0 Å². The number of rotatable bonds is 1. The number of alkyl halides is 2. The van der Waals surface area contributed by atoms with E-state index in [-0.39, 0.29) is 0 Å². The molecular formula is C10H16Cl2Si2. The van der Waals surface area contributed by atoms with E-state index in [1.807, 2.05) is 0 Å². The molecule has 0 saturated carbocycles. The van der Waals surface area contributed by atoms with Gasteiger partial charge in [0, 0.05) is 0 Å². The Morgan fingerprint density at radius 2 is 1.07 bits per heavy atom. The van der Waals surface area contributed by atoms with Crippen molar-refractivity contribution in [1.29, 1.82) is 0 Å². The largest absolute Gasteiger partial charge is 0.138 e. The molecule has 0 atom stereocenters. The average Bonchev–Trinajstić information content (AvgIpc) is 2.11. The van der Waals surface area contributed by atoms with Gasteiger partial charge in [0.2, 0.25) is 0 Å². The molecule has 0 nitrogen and oxygen atoms in total. The fourth-order valence-electron chi connectivity index (χ4n) is 0.821. The van der Waals surface area contributed by atoms with Crippen molar-refractivity contribution in [3.05, 3.63) is 0 Å². The first-order valence-corrected chi connectivity index (χ1v) is 12.6. The summed E-state index contributed by atoms with van der Waals surface area (Å²) in [6, 6.07) is 0. The van der Waals surface area contributed by atoms with Gasteiger partial charge in [-0.25, -0.2) is 0 Å². The molecule has 0 fully saturated rings. The van der Waals surface area contributed by atoms with Crippen molar-refractivity contribution >= 4 is 38.4 Å². The van der Waals surface area contributed by atoms with E-state index in [0.29, 0.717) is 11.8 Å². The molecule has 0 rings (SSSR count). The van der Waals surface area contributed by atoms with Crippen LogP contribution in [0.3, 0.4) is 0 Å². The van der Waals surface area contributed by atoms with Crippen molar-refractivity contribution in [2.24, 2.45) is 0 Å². The Morgan fingerprint density at radius 1 is 0.786 bits per heavy atom. The summed E-state index contributed by atoms with van der Waals surface area (Å²) in [6.07, 6.45) is 0. The van der Waals surface area contributed by atoms with Gasteiger partial charge < -0.3 is 0 Å². The van der Waals surface area contributed by atoms with Gasteiger partial charge in [-0.15, -0.1) is 34.3 Å².